The van der Waals surface area contributed by atoms with Crippen molar-refractivity contribution in [1.82, 2.24) is 9.80 Å². The first-order valence-corrected chi connectivity index (χ1v) is 8.95. The minimum absolute atomic E-state index is 0. The van der Waals surface area contributed by atoms with Gasteiger partial charge >= 0.3 is 0 Å². The van der Waals surface area contributed by atoms with Crippen LogP contribution >= 0.6 is 36.4 Å². The molecule has 2 N–H and O–H groups in total. The van der Waals surface area contributed by atoms with Crippen molar-refractivity contribution in [2.75, 3.05) is 26.2 Å². The zero-order chi connectivity index (χ0) is 17.9. The fourth-order valence-corrected chi connectivity index (χ4v) is 3.45. The molecule has 2 aromatic carbocycles. The van der Waals surface area contributed by atoms with Crippen LogP contribution in [-0.4, -0.2) is 41.9 Å². The average Bonchev–Trinajstić information content (AvgIpc) is 2.62. The van der Waals surface area contributed by atoms with Crippen LogP contribution in [0, 0.1) is 0 Å². The van der Waals surface area contributed by atoms with Crippen LogP contribution in [0.25, 0.3) is 0 Å². The summed E-state index contributed by atoms with van der Waals surface area (Å²) >= 11 is 6.05. The second kappa shape index (κ2) is 10.3. The maximum atomic E-state index is 12.9. The van der Waals surface area contributed by atoms with E-state index in [9.17, 15) is 4.79 Å². The lowest BCUT2D eigenvalue weighted by molar-refractivity contribution is -0.138. The van der Waals surface area contributed by atoms with E-state index in [-0.39, 0.29) is 30.7 Å². The summed E-state index contributed by atoms with van der Waals surface area (Å²) < 4.78 is 0. The molecule has 148 valence electrons. The Hall–Kier alpha value is -1.30. The molecule has 0 saturated carbocycles. The van der Waals surface area contributed by atoms with Gasteiger partial charge in [-0.3, -0.25) is 9.69 Å². The van der Waals surface area contributed by atoms with Crippen LogP contribution in [-0.2, 0) is 16.9 Å². The summed E-state index contributed by atoms with van der Waals surface area (Å²) in [7, 11) is 0. The zero-order valence-corrected chi connectivity index (χ0v) is 17.7. The highest BCUT2D eigenvalue weighted by Gasteiger charge is 2.35. The number of rotatable bonds is 4. The van der Waals surface area contributed by atoms with Crippen molar-refractivity contribution in [2.45, 2.75) is 19.0 Å². The maximum absolute atomic E-state index is 12.9. The highest BCUT2D eigenvalue weighted by molar-refractivity contribution is 6.30. The van der Waals surface area contributed by atoms with Gasteiger partial charge in [0.2, 0.25) is 5.91 Å². The fraction of sp³-hybridized carbons (Fsp3) is 0.350. The second-order valence-electron chi connectivity index (χ2n) is 6.77. The Labute approximate surface area is 178 Å². The third-order valence-corrected chi connectivity index (χ3v) is 5.01. The summed E-state index contributed by atoms with van der Waals surface area (Å²) in [5.41, 5.74) is 7.42. The van der Waals surface area contributed by atoms with Gasteiger partial charge in [0.15, 0.2) is 0 Å². The molecular formula is C20H26Cl3N3O. The van der Waals surface area contributed by atoms with Crippen LogP contribution in [0.15, 0.2) is 54.6 Å². The van der Waals surface area contributed by atoms with Gasteiger partial charge in [-0.25, -0.2) is 0 Å². The highest BCUT2D eigenvalue weighted by atomic mass is 35.5. The molecule has 0 aliphatic carbocycles. The molecule has 0 spiro atoms. The Bertz CT molecular complexity index is 732. The van der Waals surface area contributed by atoms with E-state index in [1.165, 1.54) is 5.56 Å². The van der Waals surface area contributed by atoms with Gasteiger partial charge in [-0.05, 0) is 30.2 Å². The summed E-state index contributed by atoms with van der Waals surface area (Å²) in [5, 5.41) is 0.757. The minimum atomic E-state index is -0.990. The Morgan fingerprint density at radius 1 is 1.04 bits per heavy atom. The Balaban J connectivity index is 0.00000182. The number of piperazine rings is 1. The fourth-order valence-electron chi connectivity index (χ4n) is 3.24. The summed E-state index contributed by atoms with van der Waals surface area (Å²) in [4.78, 5) is 17.1. The van der Waals surface area contributed by atoms with Crippen molar-refractivity contribution >= 4 is 42.3 Å². The van der Waals surface area contributed by atoms with Gasteiger partial charge in [0.25, 0.3) is 0 Å². The largest absolute Gasteiger partial charge is 0.338 e. The van der Waals surface area contributed by atoms with E-state index in [2.05, 4.69) is 11.0 Å². The molecule has 1 amide bonds. The molecular weight excluding hydrogens is 405 g/mol. The molecule has 3 rings (SSSR count). The molecule has 0 radical (unpaired) electrons. The molecule has 7 heteroatoms. The summed E-state index contributed by atoms with van der Waals surface area (Å²) in [6, 6.07) is 17.5. The van der Waals surface area contributed by atoms with Gasteiger partial charge in [0.05, 0.1) is 0 Å². The predicted molar refractivity (Wildman–Crippen MR) is 116 cm³/mol. The standard InChI is InChI=1S/C20H24ClN3O.2ClH/c1-20(22,17-7-3-2-4-8-17)19(25)24-12-10-23(11-13-24)15-16-6-5-9-18(21)14-16;;/h2-9,14H,10-13,15,22H2,1H3;2*1H. The van der Waals surface area contributed by atoms with E-state index in [0.717, 1.165) is 30.2 Å². The van der Waals surface area contributed by atoms with Gasteiger partial charge < -0.3 is 10.6 Å². The Morgan fingerprint density at radius 3 is 2.26 bits per heavy atom. The van der Waals surface area contributed by atoms with Crippen molar-refractivity contribution in [3.05, 3.63) is 70.7 Å². The SMILES string of the molecule is CC(N)(C(=O)N1CCN(Cc2cccc(Cl)c2)CC1)c1ccccc1.Cl.Cl. The lowest BCUT2D eigenvalue weighted by atomic mass is 9.91. The number of benzene rings is 2. The molecule has 0 aromatic heterocycles. The second-order valence-corrected chi connectivity index (χ2v) is 7.20. The first-order valence-electron chi connectivity index (χ1n) is 8.57. The zero-order valence-electron chi connectivity index (χ0n) is 15.3. The van der Waals surface area contributed by atoms with Crippen molar-refractivity contribution < 1.29 is 4.79 Å². The first kappa shape index (κ1) is 23.7. The van der Waals surface area contributed by atoms with E-state index in [0.29, 0.717) is 13.1 Å². The number of nitrogens with zero attached hydrogens (tertiary/aromatic N) is 2. The number of hydrogen-bond acceptors (Lipinski definition) is 3. The van der Waals surface area contributed by atoms with Crippen molar-refractivity contribution in [3.63, 3.8) is 0 Å². The monoisotopic (exact) mass is 429 g/mol. The molecule has 4 nitrogen and oxygen atoms in total. The molecule has 1 aliphatic rings. The number of hydrogen-bond donors (Lipinski definition) is 1. The minimum Gasteiger partial charge on any atom is -0.338 e. The molecule has 27 heavy (non-hydrogen) atoms. The number of halogens is 3. The van der Waals surface area contributed by atoms with Gasteiger partial charge in [0, 0.05) is 37.7 Å². The topological polar surface area (TPSA) is 49.6 Å². The van der Waals surface area contributed by atoms with E-state index >= 15 is 0 Å². The Morgan fingerprint density at radius 2 is 1.67 bits per heavy atom. The maximum Gasteiger partial charge on any atom is 0.247 e. The van der Waals surface area contributed by atoms with Gasteiger partial charge in [0.1, 0.15) is 5.54 Å². The van der Waals surface area contributed by atoms with Crippen molar-refractivity contribution in [1.29, 1.82) is 0 Å². The normalized spacial score (nSPS) is 16.6. The van der Waals surface area contributed by atoms with E-state index in [1.807, 2.05) is 53.4 Å². The number of nitrogens with two attached hydrogens (primary N) is 1. The average molecular weight is 431 g/mol. The van der Waals surface area contributed by atoms with Crippen LogP contribution in [0.2, 0.25) is 5.02 Å². The van der Waals surface area contributed by atoms with Crippen LogP contribution < -0.4 is 5.73 Å². The summed E-state index contributed by atoms with van der Waals surface area (Å²) in [6.45, 7) is 5.70. The molecule has 2 aromatic rings. The molecule has 1 atom stereocenters. The molecule has 0 bridgehead atoms. The van der Waals surface area contributed by atoms with Crippen molar-refractivity contribution in [3.8, 4) is 0 Å². The highest BCUT2D eigenvalue weighted by Crippen LogP contribution is 2.21. The number of carbonyl (C=O) groups is 1. The lowest BCUT2D eigenvalue weighted by Gasteiger charge is -2.38. The van der Waals surface area contributed by atoms with Crippen LogP contribution in [0.5, 0.6) is 0 Å². The summed E-state index contributed by atoms with van der Waals surface area (Å²) in [5.74, 6) is -0.0129. The number of amides is 1. The van der Waals surface area contributed by atoms with Gasteiger partial charge in [-0.2, -0.15) is 0 Å². The van der Waals surface area contributed by atoms with Crippen LogP contribution in [0.4, 0.5) is 0 Å². The molecule has 1 aliphatic heterocycles. The third kappa shape index (κ3) is 5.84. The van der Waals surface area contributed by atoms with Crippen LogP contribution in [0.1, 0.15) is 18.1 Å². The molecule has 1 unspecified atom stereocenters. The van der Waals surface area contributed by atoms with Gasteiger partial charge in [-0.15, -0.1) is 24.8 Å². The van der Waals surface area contributed by atoms with E-state index < -0.39 is 5.54 Å². The first-order chi connectivity index (χ1) is 12.0. The quantitative estimate of drug-likeness (QED) is 0.804. The van der Waals surface area contributed by atoms with Gasteiger partial charge in [-0.1, -0.05) is 54.1 Å². The predicted octanol–water partition coefficient (Wildman–Crippen LogP) is 3.70. The van der Waals surface area contributed by atoms with Crippen molar-refractivity contribution in [2.24, 2.45) is 5.73 Å². The summed E-state index contributed by atoms with van der Waals surface area (Å²) in [6.07, 6.45) is 0. The van der Waals surface area contributed by atoms with E-state index in [4.69, 9.17) is 17.3 Å². The lowest BCUT2D eigenvalue weighted by Crippen LogP contribution is -2.56. The number of carbonyl (C=O) groups excluding carboxylic acids is 1. The van der Waals surface area contributed by atoms with Crippen LogP contribution in [0.3, 0.4) is 0 Å². The third-order valence-electron chi connectivity index (χ3n) is 4.77. The smallest absolute Gasteiger partial charge is 0.247 e. The van der Waals surface area contributed by atoms with E-state index in [1.54, 1.807) is 6.92 Å². The molecule has 1 fully saturated rings. The molecule has 1 heterocycles. The Kier molecular flexibility index (Phi) is 9.06. The molecule has 1 saturated heterocycles.